The summed E-state index contributed by atoms with van der Waals surface area (Å²) in [6, 6.07) is 14.5. The Bertz CT molecular complexity index is 844. The summed E-state index contributed by atoms with van der Waals surface area (Å²) < 4.78 is 24.8. The number of benzene rings is 2. The Morgan fingerprint density at radius 2 is 1.78 bits per heavy atom. The highest BCUT2D eigenvalue weighted by molar-refractivity contribution is 7.92. The van der Waals surface area contributed by atoms with E-state index < -0.39 is 10.0 Å². The van der Waals surface area contributed by atoms with Gasteiger partial charge < -0.3 is 4.90 Å². The number of anilines is 2. The lowest BCUT2D eigenvalue weighted by Crippen LogP contribution is -2.35. The van der Waals surface area contributed by atoms with Crippen molar-refractivity contribution in [3.05, 3.63) is 59.7 Å². The van der Waals surface area contributed by atoms with Gasteiger partial charge in [0.15, 0.2) is 0 Å². The Labute approximate surface area is 136 Å². The average molecular weight is 330 g/mol. The molecule has 2 aromatic carbocycles. The van der Waals surface area contributed by atoms with Gasteiger partial charge in [0, 0.05) is 23.0 Å². The summed E-state index contributed by atoms with van der Waals surface area (Å²) in [5, 5.41) is 0. The molecule has 1 aliphatic rings. The molecular weight excluding hydrogens is 312 g/mol. The number of fused-ring (bicyclic) bond motifs is 1. The molecule has 3 rings (SSSR count). The molecule has 0 saturated carbocycles. The molecule has 0 aliphatic carbocycles. The van der Waals surface area contributed by atoms with Crippen molar-refractivity contribution in [1.82, 2.24) is 0 Å². The second-order valence-electron chi connectivity index (χ2n) is 5.81. The number of carbonyl (C=O) groups excluding carboxylic acids is 1. The van der Waals surface area contributed by atoms with Crippen LogP contribution in [0, 0.1) is 0 Å². The lowest BCUT2D eigenvalue weighted by Gasteiger charge is -2.23. The highest BCUT2D eigenvalue weighted by atomic mass is 32.2. The zero-order valence-electron chi connectivity index (χ0n) is 13.0. The van der Waals surface area contributed by atoms with E-state index in [0.717, 1.165) is 18.4 Å². The first-order valence-corrected chi connectivity index (χ1v) is 9.23. The molecule has 0 fully saturated rings. The van der Waals surface area contributed by atoms with Crippen LogP contribution >= 0.6 is 0 Å². The molecule has 2 aromatic rings. The Morgan fingerprint density at radius 3 is 2.43 bits per heavy atom. The van der Waals surface area contributed by atoms with Crippen LogP contribution < -0.4 is 9.62 Å². The number of rotatable bonds is 3. The van der Waals surface area contributed by atoms with Crippen molar-refractivity contribution < 1.29 is 13.2 Å². The van der Waals surface area contributed by atoms with Crippen molar-refractivity contribution in [2.24, 2.45) is 0 Å². The zero-order valence-corrected chi connectivity index (χ0v) is 13.8. The summed E-state index contributed by atoms with van der Waals surface area (Å²) in [6.07, 6.45) is 1.94. The first kappa shape index (κ1) is 15.6. The molecule has 0 saturated heterocycles. The van der Waals surface area contributed by atoms with Crippen LogP contribution in [0.5, 0.6) is 0 Å². The predicted molar refractivity (Wildman–Crippen MR) is 91.3 cm³/mol. The Morgan fingerprint density at radius 1 is 1.13 bits per heavy atom. The summed E-state index contributed by atoms with van der Waals surface area (Å²) in [4.78, 5) is 14.6. The number of nitrogens with zero attached hydrogens (tertiary/aromatic N) is 1. The quantitative estimate of drug-likeness (QED) is 0.941. The van der Waals surface area contributed by atoms with Gasteiger partial charge in [0.2, 0.25) is 10.0 Å². The Kier molecular flexibility index (Phi) is 3.85. The van der Waals surface area contributed by atoms with E-state index in [-0.39, 0.29) is 11.9 Å². The fourth-order valence-corrected chi connectivity index (χ4v) is 3.47. The van der Waals surface area contributed by atoms with E-state index in [1.165, 1.54) is 5.56 Å². The fraction of sp³-hybridized carbons (Fsp3) is 0.235. The zero-order chi connectivity index (χ0) is 16.6. The van der Waals surface area contributed by atoms with Gasteiger partial charge in [0.25, 0.3) is 5.91 Å². The highest BCUT2D eigenvalue weighted by Gasteiger charge is 2.31. The van der Waals surface area contributed by atoms with Crippen molar-refractivity contribution in [2.75, 3.05) is 15.9 Å². The van der Waals surface area contributed by atoms with Gasteiger partial charge in [0.05, 0.1) is 6.26 Å². The highest BCUT2D eigenvalue weighted by Crippen LogP contribution is 2.33. The van der Waals surface area contributed by atoms with Crippen molar-refractivity contribution in [3.63, 3.8) is 0 Å². The monoisotopic (exact) mass is 330 g/mol. The van der Waals surface area contributed by atoms with E-state index in [1.54, 1.807) is 29.2 Å². The number of para-hydroxylation sites is 1. The van der Waals surface area contributed by atoms with Crippen LogP contribution in [0.1, 0.15) is 22.8 Å². The van der Waals surface area contributed by atoms with Crippen LogP contribution in [0.25, 0.3) is 0 Å². The Balaban J connectivity index is 1.86. The van der Waals surface area contributed by atoms with Crippen molar-refractivity contribution in [1.29, 1.82) is 0 Å². The molecule has 1 heterocycles. The summed E-state index contributed by atoms with van der Waals surface area (Å²) in [6.45, 7) is 2.03. The molecule has 0 radical (unpaired) electrons. The van der Waals surface area contributed by atoms with Crippen molar-refractivity contribution >= 4 is 27.3 Å². The molecular formula is C17H18N2O3S. The number of amides is 1. The second-order valence-corrected chi connectivity index (χ2v) is 7.56. The third kappa shape index (κ3) is 3.22. The minimum atomic E-state index is -3.32. The molecule has 6 heteroatoms. The minimum Gasteiger partial charge on any atom is -0.305 e. The van der Waals surface area contributed by atoms with E-state index in [0.29, 0.717) is 11.3 Å². The lowest BCUT2D eigenvalue weighted by molar-refractivity contribution is 0.0981. The van der Waals surface area contributed by atoms with E-state index in [4.69, 9.17) is 0 Å². The van der Waals surface area contributed by atoms with Crippen LogP contribution in [0.4, 0.5) is 11.4 Å². The van der Waals surface area contributed by atoms with Gasteiger partial charge in [-0.2, -0.15) is 0 Å². The molecule has 0 spiro atoms. The number of nitrogens with one attached hydrogen (secondary N) is 1. The Hall–Kier alpha value is -2.34. The van der Waals surface area contributed by atoms with Crippen LogP contribution in [0.15, 0.2) is 48.5 Å². The number of sulfonamides is 1. The normalized spacial score (nSPS) is 17.0. The van der Waals surface area contributed by atoms with E-state index in [1.807, 2.05) is 31.2 Å². The van der Waals surface area contributed by atoms with Crippen LogP contribution in [-0.4, -0.2) is 26.6 Å². The van der Waals surface area contributed by atoms with Gasteiger partial charge in [-0.05, 0) is 49.2 Å². The SMILES string of the molecule is CC1Cc2ccccc2N1C(=O)c1ccc(NS(C)(=O)=O)cc1. The maximum Gasteiger partial charge on any atom is 0.258 e. The average Bonchev–Trinajstić information content (AvgIpc) is 2.81. The topological polar surface area (TPSA) is 66.5 Å². The van der Waals surface area contributed by atoms with Crippen molar-refractivity contribution in [2.45, 2.75) is 19.4 Å². The standard InChI is InChI=1S/C17H18N2O3S/c1-12-11-14-5-3-4-6-16(14)19(12)17(20)13-7-9-15(10-8-13)18-23(2,21)22/h3-10,12,18H,11H2,1-2H3. The third-order valence-corrected chi connectivity index (χ3v) is 4.47. The van der Waals surface area contributed by atoms with Gasteiger partial charge in [-0.25, -0.2) is 8.42 Å². The fourth-order valence-electron chi connectivity index (χ4n) is 2.91. The van der Waals surface area contributed by atoms with E-state index >= 15 is 0 Å². The third-order valence-electron chi connectivity index (χ3n) is 3.86. The first-order chi connectivity index (χ1) is 10.8. The number of hydrogen-bond acceptors (Lipinski definition) is 3. The molecule has 1 aliphatic heterocycles. The minimum absolute atomic E-state index is 0.0756. The molecule has 1 amide bonds. The molecule has 120 valence electrons. The molecule has 1 atom stereocenters. The molecule has 5 nitrogen and oxygen atoms in total. The number of carbonyl (C=O) groups is 1. The summed E-state index contributed by atoms with van der Waals surface area (Å²) in [5.41, 5.74) is 3.10. The maximum absolute atomic E-state index is 12.8. The summed E-state index contributed by atoms with van der Waals surface area (Å²) >= 11 is 0. The number of hydrogen-bond donors (Lipinski definition) is 1. The molecule has 23 heavy (non-hydrogen) atoms. The smallest absolute Gasteiger partial charge is 0.258 e. The van der Waals surface area contributed by atoms with Crippen LogP contribution in [-0.2, 0) is 16.4 Å². The summed E-state index contributed by atoms with van der Waals surface area (Å²) in [5.74, 6) is -0.0756. The van der Waals surface area contributed by atoms with Gasteiger partial charge in [-0.15, -0.1) is 0 Å². The lowest BCUT2D eigenvalue weighted by atomic mass is 10.1. The molecule has 1 unspecified atom stereocenters. The van der Waals surface area contributed by atoms with Gasteiger partial charge in [-0.3, -0.25) is 9.52 Å². The van der Waals surface area contributed by atoms with E-state index in [2.05, 4.69) is 4.72 Å². The van der Waals surface area contributed by atoms with Gasteiger partial charge in [0.1, 0.15) is 0 Å². The molecule has 0 bridgehead atoms. The van der Waals surface area contributed by atoms with Crippen molar-refractivity contribution in [3.8, 4) is 0 Å². The van der Waals surface area contributed by atoms with Crippen LogP contribution in [0.3, 0.4) is 0 Å². The maximum atomic E-state index is 12.8. The van der Waals surface area contributed by atoms with Gasteiger partial charge in [-0.1, -0.05) is 18.2 Å². The van der Waals surface area contributed by atoms with E-state index in [9.17, 15) is 13.2 Å². The van der Waals surface area contributed by atoms with Crippen LogP contribution in [0.2, 0.25) is 0 Å². The predicted octanol–water partition coefficient (Wildman–Crippen LogP) is 2.65. The molecule has 0 aromatic heterocycles. The first-order valence-electron chi connectivity index (χ1n) is 7.34. The largest absolute Gasteiger partial charge is 0.305 e. The molecule has 1 N–H and O–H groups in total. The summed E-state index contributed by atoms with van der Waals surface area (Å²) in [7, 11) is -3.32. The van der Waals surface area contributed by atoms with Gasteiger partial charge >= 0.3 is 0 Å². The second kappa shape index (κ2) is 5.70.